The van der Waals surface area contributed by atoms with Crippen LogP contribution in [0, 0.1) is 0 Å². The van der Waals surface area contributed by atoms with E-state index >= 15 is 0 Å². The topological polar surface area (TPSA) is 169 Å². The molecule has 0 bridgehead atoms. The largest absolute Gasteiger partial charge is 0.507 e. The Kier molecular flexibility index (Phi) is 5.35. The van der Waals surface area contributed by atoms with Gasteiger partial charge in [-0.3, -0.25) is 0 Å². The molecule has 3 unspecified atom stereocenters. The predicted molar refractivity (Wildman–Crippen MR) is 99.3 cm³/mol. The third-order valence-electron chi connectivity index (χ3n) is 5.25. The lowest BCUT2D eigenvalue weighted by atomic mass is 9.94. The van der Waals surface area contributed by atoms with Crippen molar-refractivity contribution in [1.82, 2.24) is 0 Å². The van der Waals surface area contributed by atoms with Gasteiger partial charge in [0.15, 0.2) is 11.5 Å². The van der Waals surface area contributed by atoms with Crippen LogP contribution in [0.4, 0.5) is 0 Å². The van der Waals surface area contributed by atoms with Crippen LogP contribution in [0.2, 0.25) is 0 Å². The molecule has 7 N–H and O–H groups in total. The van der Waals surface area contributed by atoms with Gasteiger partial charge in [0.1, 0.15) is 41.7 Å². The zero-order valence-electron chi connectivity index (χ0n) is 15.6. The minimum atomic E-state index is -1.41. The van der Waals surface area contributed by atoms with E-state index in [2.05, 4.69) is 0 Å². The molecule has 30 heavy (non-hydrogen) atoms. The van der Waals surface area contributed by atoms with Crippen LogP contribution in [-0.2, 0) is 11.2 Å². The molecular formula is C20H22O10. The standard InChI is InChI=1S/C20H22O10/c21-7-16-17(26)18(27)20(30-16)28-9-4-12(23)10-6-14(25)19(29-15(10)5-9)8-1-2-11(22)13(24)3-8/h1-5,14,16-27H,6-7H2/t14?,16-,17+,18-,19?,20?/m1/s1. The van der Waals surface area contributed by atoms with Gasteiger partial charge in [0.25, 0.3) is 0 Å². The fourth-order valence-electron chi connectivity index (χ4n) is 3.62. The molecule has 0 spiro atoms. The molecule has 0 aliphatic carbocycles. The average molecular weight is 422 g/mol. The maximum Gasteiger partial charge on any atom is 0.229 e. The molecule has 0 radical (unpaired) electrons. The van der Waals surface area contributed by atoms with Crippen LogP contribution in [0.1, 0.15) is 17.2 Å². The van der Waals surface area contributed by atoms with Gasteiger partial charge in [-0.15, -0.1) is 0 Å². The van der Waals surface area contributed by atoms with E-state index in [4.69, 9.17) is 14.2 Å². The molecule has 1 saturated heterocycles. The molecule has 2 aliphatic rings. The maximum atomic E-state index is 10.5. The van der Waals surface area contributed by atoms with E-state index in [0.29, 0.717) is 11.1 Å². The van der Waals surface area contributed by atoms with E-state index in [1.165, 1.54) is 30.3 Å². The lowest BCUT2D eigenvalue weighted by Gasteiger charge is -2.32. The molecule has 2 heterocycles. The van der Waals surface area contributed by atoms with Crippen molar-refractivity contribution < 1.29 is 50.0 Å². The molecule has 0 amide bonds. The van der Waals surface area contributed by atoms with E-state index in [0.717, 1.165) is 0 Å². The van der Waals surface area contributed by atoms with E-state index in [1.807, 2.05) is 0 Å². The highest BCUT2D eigenvalue weighted by Gasteiger charge is 2.44. The number of phenols is 3. The van der Waals surface area contributed by atoms with E-state index in [9.17, 15) is 35.7 Å². The van der Waals surface area contributed by atoms with Crippen molar-refractivity contribution in [1.29, 1.82) is 0 Å². The van der Waals surface area contributed by atoms with Gasteiger partial charge in [0, 0.05) is 24.1 Å². The number of hydrogen-bond acceptors (Lipinski definition) is 10. The Morgan fingerprint density at radius 2 is 1.70 bits per heavy atom. The highest BCUT2D eigenvalue weighted by molar-refractivity contribution is 5.52. The molecule has 2 aliphatic heterocycles. The summed E-state index contributed by atoms with van der Waals surface area (Å²) >= 11 is 0. The Morgan fingerprint density at radius 1 is 0.933 bits per heavy atom. The van der Waals surface area contributed by atoms with Crippen LogP contribution in [0.5, 0.6) is 28.7 Å². The maximum absolute atomic E-state index is 10.5. The lowest BCUT2D eigenvalue weighted by Crippen LogP contribution is -2.35. The molecule has 162 valence electrons. The summed E-state index contributed by atoms with van der Waals surface area (Å²) in [5, 5.41) is 69.0. The summed E-state index contributed by atoms with van der Waals surface area (Å²) in [6, 6.07) is 6.73. The van der Waals surface area contributed by atoms with E-state index in [-0.39, 0.29) is 35.2 Å². The summed E-state index contributed by atoms with van der Waals surface area (Å²) in [4.78, 5) is 0. The molecule has 1 fully saturated rings. The number of hydrogen-bond donors (Lipinski definition) is 7. The number of ether oxygens (including phenoxy) is 3. The quantitative estimate of drug-likeness (QED) is 0.324. The summed E-state index contributed by atoms with van der Waals surface area (Å²) in [6.07, 6.45) is -6.86. The van der Waals surface area contributed by atoms with Gasteiger partial charge in [-0.05, 0) is 17.7 Å². The second kappa shape index (κ2) is 7.82. The van der Waals surface area contributed by atoms with Crippen molar-refractivity contribution >= 4 is 0 Å². The van der Waals surface area contributed by atoms with Crippen molar-refractivity contribution in [3.8, 4) is 28.7 Å². The Labute approximate surface area is 170 Å². The van der Waals surface area contributed by atoms with Gasteiger partial charge in [0.2, 0.25) is 6.29 Å². The van der Waals surface area contributed by atoms with Crippen molar-refractivity contribution in [3.63, 3.8) is 0 Å². The molecule has 10 nitrogen and oxygen atoms in total. The first-order chi connectivity index (χ1) is 14.3. The van der Waals surface area contributed by atoms with Crippen LogP contribution in [0.15, 0.2) is 30.3 Å². The van der Waals surface area contributed by atoms with Crippen molar-refractivity contribution in [2.45, 2.75) is 43.2 Å². The van der Waals surface area contributed by atoms with Crippen LogP contribution >= 0.6 is 0 Å². The Bertz CT molecular complexity index is 932. The van der Waals surface area contributed by atoms with Gasteiger partial charge < -0.3 is 50.0 Å². The van der Waals surface area contributed by atoms with Gasteiger partial charge in [0.05, 0.1) is 12.7 Å². The Morgan fingerprint density at radius 3 is 2.37 bits per heavy atom. The molecule has 10 heteroatoms. The third-order valence-corrected chi connectivity index (χ3v) is 5.25. The van der Waals surface area contributed by atoms with Crippen molar-refractivity contribution in [2.75, 3.05) is 6.61 Å². The summed E-state index contributed by atoms with van der Waals surface area (Å²) in [7, 11) is 0. The number of rotatable bonds is 4. The molecule has 0 saturated carbocycles. The van der Waals surface area contributed by atoms with Crippen molar-refractivity contribution in [2.24, 2.45) is 0 Å². The molecular weight excluding hydrogens is 400 g/mol. The highest BCUT2D eigenvalue weighted by atomic mass is 16.7. The van der Waals surface area contributed by atoms with E-state index < -0.39 is 43.4 Å². The summed E-state index contributed by atoms with van der Waals surface area (Å²) < 4.78 is 16.6. The zero-order chi connectivity index (χ0) is 21.6. The number of fused-ring (bicyclic) bond motifs is 1. The summed E-state index contributed by atoms with van der Waals surface area (Å²) in [5.74, 6) is -0.598. The van der Waals surface area contributed by atoms with Gasteiger partial charge >= 0.3 is 0 Å². The minimum Gasteiger partial charge on any atom is -0.507 e. The second-order valence-corrected chi connectivity index (χ2v) is 7.30. The van der Waals surface area contributed by atoms with Crippen LogP contribution in [0.3, 0.4) is 0 Å². The SMILES string of the molecule is OC[C@H]1OC(Oc2cc(O)c3c(c2)OC(c2ccc(O)c(O)c2)C(O)C3)[C@H](O)[C@H]1O. The van der Waals surface area contributed by atoms with Crippen LogP contribution in [0.25, 0.3) is 0 Å². The van der Waals surface area contributed by atoms with Crippen molar-refractivity contribution in [3.05, 3.63) is 41.5 Å². The number of benzene rings is 2. The first-order valence-corrected chi connectivity index (χ1v) is 9.30. The minimum absolute atomic E-state index is 0.0571. The highest BCUT2D eigenvalue weighted by Crippen LogP contribution is 2.43. The number of aromatic hydroxyl groups is 3. The summed E-state index contributed by atoms with van der Waals surface area (Å²) in [5.41, 5.74) is 0.757. The smallest absolute Gasteiger partial charge is 0.229 e. The average Bonchev–Trinajstić information content (AvgIpc) is 2.98. The number of phenolic OH excluding ortho intramolecular Hbond substituents is 3. The van der Waals surface area contributed by atoms with Crippen LogP contribution < -0.4 is 9.47 Å². The Balaban J connectivity index is 1.59. The summed E-state index contributed by atoms with van der Waals surface area (Å²) in [6.45, 7) is -0.504. The van der Waals surface area contributed by atoms with Crippen LogP contribution in [-0.4, -0.2) is 73.1 Å². The first-order valence-electron chi connectivity index (χ1n) is 9.30. The monoisotopic (exact) mass is 422 g/mol. The third kappa shape index (κ3) is 3.59. The number of aliphatic hydroxyl groups excluding tert-OH is 4. The normalized spacial score (nSPS) is 30.5. The molecule has 0 aromatic heterocycles. The molecule has 6 atom stereocenters. The molecule has 2 aromatic carbocycles. The fraction of sp³-hybridized carbons (Fsp3) is 0.400. The van der Waals surface area contributed by atoms with Gasteiger partial charge in [-0.25, -0.2) is 0 Å². The zero-order valence-corrected chi connectivity index (χ0v) is 15.6. The lowest BCUT2D eigenvalue weighted by molar-refractivity contribution is -0.116. The molecule has 4 rings (SSSR count). The second-order valence-electron chi connectivity index (χ2n) is 7.30. The fourth-order valence-corrected chi connectivity index (χ4v) is 3.62. The van der Waals surface area contributed by atoms with E-state index in [1.54, 1.807) is 0 Å². The van der Waals surface area contributed by atoms with Gasteiger partial charge in [-0.2, -0.15) is 0 Å². The van der Waals surface area contributed by atoms with Gasteiger partial charge in [-0.1, -0.05) is 6.07 Å². The number of aliphatic hydroxyl groups is 4. The first kappa shape index (κ1) is 20.5. The molecule has 2 aromatic rings. The predicted octanol–water partition coefficient (Wildman–Crippen LogP) is -0.342. The Hall–Kier alpha value is -2.76.